The molecule has 3 nitrogen and oxygen atoms in total. The van der Waals surface area contributed by atoms with Crippen molar-refractivity contribution in [2.75, 3.05) is 20.1 Å². The van der Waals surface area contributed by atoms with Crippen LogP contribution in [0.2, 0.25) is 5.02 Å². The van der Waals surface area contributed by atoms with Crippen molar-refractivity contribution in [3.63, 3.8) is 0 Å². The van der Waals surface area contributed by atoms with Gasteiger partial charge in [0.1, 0.15) is 0 Å². The van der Waals surface area contributed by atoms with Crippen molar-refractivity contribution < 1.29 is 4.79 Å². The molecule has 1 aliphatic heterocycles. The number of carbonyl (C=O) groups is 1. The van der Waals surface area contributed by atoms with Crippen molar-refractivity contribution in [2.45, 2.75) is 25.3 Å². The second kappa shape index (κ2) is 6.21. The first-order valence-electron chi connectivity index (χ1n) is 6.38. The van der Waals surface area contributed by atoms with Gasteiger partial charge in [0.05, 0.1) is 6.42 Å². The molecule has 1 aliphatic rings. The van der Waals surface area contributed by atoms with E-state index < -0.39 is 0 Å². The lowest BCUT2D eigenvalue weighted by atomic mass is 10.0. The van der Waals surface area contributed by atoms with E-state index in [4.69, 9.17) is 11.6 Å². The highest BCUT2D eigenvalue weighted by Crippen LogP contribution is 2.14. The second-order valence-electron chi connectivity index (χ2n) is 4.77. The maximum Gasteiger partial charge on any atom is 0.227 e. The molecular formula is C14H19ClN2O. The smallest absolute Gasteiger partial charge is 0.227 e. The van der Waals surface area contributed by atoms with Gasteiger partial charge in [-0.1, -0.05) is 23.7 Å². The fourth-order valence-corrected chi connectivity index (χ4v) is 2.59. The molecule has 1 fully saturated rings. The summed E-state index contributed by atoms with van der Waals surface area (Å²) in [6.07, 6.45) is 2.67. The van der Waals surface area contributed by atoms with Crippen molar-refractivity contribution in [3.8, 4) is 0 Å². The van der Waals surface area contributed by atoms with E-state index in [0.29, 0.717) is 17.5 Å². The van der Waals surface area contributed by atoms with Gasteiger partial charge < -0.3 is 10.2 Å². The molecule has 1 N–H and O–H groups in total. The quantitative estimate of drug-likeness (QED) is 0.909. The van der Waals surface area contributed by atoms with E-state index >= 15 is 0 Å². The van der Waals surface area contributed by atoms with Gasteiger partial charge >= 0.3 is 0 Å². The van der Waals surface area contributed by atoms with E-state index in [9.17, 15) is 4.79 Å². The molecule has 98 valence electrons. The Morgan fingerprint density at radius 1 is 1.56 bits per heavy atom. The Bertz CT molecular complexity index is 422. The second-order valence-corrected chi connectivity index (χ2v) is 5.21. The maximum atomic E-state index is 12.2. The number of amides is 1. The Labute approximate surface area is 113 Å². The molecule has 0 radical (unpaired) electrons. The molecule has 0 spiro atoms. The van der Waals surface area contributed by atoms with Crippen LogP contribution in [0.1, 0.15) is 18.4 Å². The minimum atomic E-state index is 0.192. The lowest BCUT2D eigenvalue weighted by Gasteiger charge is -2.32. The highest BCUT2D eigenvalue weighted by atomic mass is 35.5. The predicted molar refractivity (Wildman–Crippen MR) is 73.8 cm³/mol. The fraction of sp³-hybridized carbons (Fsp3) is 0.500. The number of nitrogens with zero attached hydrogens (tertiary/aromatic N) is 1. The molecule has 18 heavy (non-hydrogen) atoms. The lowest BCUT2D eigenvalue weighted by Crippen LogP contribution is -2.47. The van der Waals surface area contributed by atoms with Crippen LogP contribution in [-0.4, -0.2) is 37.0 Å². The Balaban J connectivity index is 1.95. The summed E-state index contributed by atoms with van der Waals surface area (Å²) in [4.78, 5) is 14.1. The SMILES string of the molecule is CN[C@@H]1CCCN(C(=O)Cc2cccc(Cl)c2)C1. The molecule has 4 heteroatoms. The van der Waals surface area contributed by atoms with Crippen LogP contribution in [0.5, 0.6) is 0 Å². The Morgan fingerprint density at radius 2 is 2.39 bits per heavy atom. The number of halogens is 1. The van der Waals surface area contributed by atoms with Crippen LogP contribution in [0, 0.1) is 0 Å². The van der Waals surface area contributed by atoms with Gasteiger partial charge in [0.25, 0.3) is 0 Å². The van der Waals surface area contributed by atoms with Gasteiger partial charge in [0.2, 0.25) is 5.91 Å². The van der Waals surface area contributed by atoms with Gasteiger partial charge in [-0.25, -0.2) is 0 Å². The molecule has 0 bridgehead atoms. The van der Waals surface area contributed by atoms with Crippen molar-refractivity contribution >= 4 is 17.5 Å². The van der Waals surface area contributed by atoms with Crippen LogP contribution in [0.25, 0.3) is 0 Å². The molecule has 0 saturated carbocycles. The first-order chi connectivity index (χ1) is 8.69. The number of carbonyl (C=O) groups excluding carboxylic acids is 1. The lowest BCUT2D eigenvalue weighted by molar-refractivity contribution is -0.131. The van der Waals surface area contributed by atoms with Crippen molar-refractivity contribution in [2.24, 2.45) is 0 Å². The summed E-state index contributed by atoms with van der Waals surface area (Å²) in [5.74, 6) is 0.192. The minimum absolute atomic E-state index is 0.192. The molecule has 1 atom stereocenters. The van der Waals surface area contributed by atoms with Crippen LogP contribution in [0.4, 0.5) is 0 Å². The van der Waals surface area contributed by atoms with Crippen molar-refractivity contribution in [1.82, 2.24) is 10.2 Å². The molecule has 2 rings (SSSR count). The van der Waals surface area contributed by atoms with Crippen LogP contribution in [-0.2, 0) is 11.2 Å². The molecule has 1 heterocycles. The Morgan fingerprint density at radius 3 is 3.11 bits per heavy atom. The number of hydrogen-bond acceptors (Lipinski definition) is 2. The zero-order valence-corrected chi connectivity index (χ0v) is 11.4. The number of hydrogen-bond donors (Lipinski definition) is 1. The summed E-state index contributed by atoms with van der Waals surface area (Å²) < 4.78 is 0. The third-order valence-electron chi connectivity index (χ3n) is 3.43. The number of piperidine rings is 1. The van der Waals surface area contributed by atoms with Crippen LogP contribution in [0.15, 0.2) is 24.3 Å². The van der Waals surface area contributed by atoms with Gasteiger partial charge in [-0.15, -0.1) is 0 Å². The largest absolute Gasteiger partial charge is 0.341 e. The molecular weight excluding hydrogens is 248 g/mol. The van der Waals surface area contributed by atoms with Gasteiger partial charge in [-0.3, -0.25) is 4.79 Å². The summed E-state index contributed by atoms with van der Waals surface area (Å²) in [7, 11) is 1.95. The topological polar surface area (TPSA) is 32.3 Å². The van der Waals surface area contributed by atoms with Gasteiger partial charge in [0.15, 0.2) is 0 Å². The molecule has 1 aromatic rings. The number of likely N-dealkylation sites (tertiary alicyclic amines) is 1. The standard InChI is InChI=1S/C14H19ClN2O/c1-16-13-6-3-7-17(10-13)14(18)9-11-4-2-5-12(15)8-11/h2,4-5,8,13,16H,3,6-7,9-10H2,1H3/t13-/m1/s1. The first kappa shape index (κ1) is 13.4. The Hall–Kier alpha value is -1.06. The fourth-order valence-electron chi connectivity index (χ4n) is 2.37. The molecule has 0 aromatic heterocycles. The predicted octanol–water partition coefficient (Wildman–Crippen LogP) is 2.09. The van der Waals surface area contributed by atoms with Crippen LogP contribution in [0.3, 0.4) is 0 Å². The monoisotopic (exact) mass is 266 g/mol. The highest BCUT2D eigenvalue weighted by Gasteiger charge is 2.22. The number of benzene rings is 1. The average Bonchev–Trinajstić information content (AvgIpc) is 2.39. The maximum absolute atomic E-state index is 12.2. The average molecular weight is 267 g/mol. The molecule has 1 aromatic carbocycles. The zero-order chi connectivity index (χ0) is 13.0. The number of rotatable bonds is 3. The molecule has 1 saturated heterocycles. The van der Waals surface area contributed by atoms with Gasteiger partial charge in [-0.05, 0) is 37.6 Å². The van der Waals surface area contributed by atoms with Crippen molar-refractivity contribution in [1.29, 1.82) is 0 Å². The first-order valence-corrected chi connectivity index (χ1v) is 6.76. The summed E-state index contributed by atoms with van der Waals surface area (Å²) >= 11 is 5.92. The van der Waals surface area contributed by atoms with Gasteiger partial charge in [-0.2, -0.15) is 0 Å². The zero-order valence-electron chi connectivity index (χ0n) is 10.7. The van der Waals surface area contributed by atoms with Crippen LogP contribution >= 0.6 is 11.6 Å². The van der Waals surface area contributed by atoms with E-state index in [1.54, 1.807) is 0 Å². The van der Waals surface area contributed by atoms with Gasteiger partial charge in [0, 0.05) is 24.2 Å². The summed E-state index contributed by atoms with van der Waals surface area (Å²) in [6, 6.07) is 7.95. The van der Waals surface area contributed by atoms with E-state index in [2.05, 4.69) is 5.32 Å². The molecule has 0 unspecified atom stereocenters. The van der Waals surface area contributed by atoms with Crippen molar-refractivity contribution in [3.05, 3.63) is 34.9 Å². The van der Waals surface area contributed by atoms with Crippen LogP contribution < -0.4 is 5.32 Å². The van der Waals surface area contributed by atoms with E-state index in [1.807, 2.05) is 36.2 Å². The Kier molecular flexibility index (Phi) is 4.61. The summed E-state index contributed by atoms with van der Waals surface area (Å²) in [5.41, 5.74) is 0.985. The van der Waals surface area contributed by atoms with E-state index in [-0.39, 0.29) is 5.91 Å². The summed E-state index contributed by atoms with van der Waals surface area (Å²) in [5, 5.41) is 3.93. The molecule has 1 amide bonds. The number of nitrogens with one attached hydrogen (secondary N) is 1. The number of likely N-dealkylation sites (N-methyl/N-ethyl adjacent to an activating group) is 1. The minimum Gasteiger partial charge on any atom is -0.341 e. The third-order valence-corrected chi connectivity index (χ3v) is 3.66. The third kappa shape index (κ3) is 3.47. The highest BCUT2D eigenvalue weighted by molar-refractivity contribution is 6.30. The van der Waals surface area contributed by atoms with E-state index in [1.165, 1.54) is 0 Å². The van der Waals surface area contributed by atoms with E-state index in [0.717, 1.165) is 31.5 Å². The molecule has 0 aliphatic carbocycles. The normalized spacial score (nSPS) is 19.9. The summed E-state index contributed by atoms with van der Waals surface area (Å²) in [6.45, 7) is 1.69.